The number of nitrogens with one attached hydrogen (secondary N) is 2. The van der Waals surface area contributed by atoms with E-state index >= 15 is 0 Å². The Morgan fingerprint density at radius 2 is 1.96 bits per heavy atom. The predicted octanol–water partition coefficient (Wildman–Crippen LogP) is 3.60. The molecule has 1 aliphatic heterocycles. The van der Waals surface area contributed by atoms with Gasteiger partial charge in [-0.2, -0.15) is 13.2 Å². The zero-order valence-electron chi connectivity index (χ0n) is 15.3. The van der Waals surface area contributed by atoms with Gasteiger partial charge in [0, 0.05) is 13.2 Å². The lowest BCUT2D eigenvalue weighted by molar-refractivity contribution is -0.141. The molecule has 28 heavy (non-hydrogen) atoms. The lowest BCUT2D eigenvalue weighted by atomic mass is 9.93. The fraction of sp³-hybridized carbons (Fsp3) is 0.400. The molecule has 3 rings (SSSR count). The average molecular weight is 394 g/mol. The summed E-state index contributed by atoms with van der Waals surface area (Å²) in [6.07, 6.45) is -3.19. The number of carbonyl (C=O) groups excluding carboxylic acids is 1. The van der Waals surface area contributed by atoms with Crippen LogP contribution in [-0.2, 0) is 10.9 Å². The maximum atomic E-state index is 12.7. The molecule has 1 saturated heterocycles. The molecule has 5 nitrogen and oxygen atoms in total. The van der Waals surface area contributed by atoms with Crippen molar-refractivity contribution in [2.75, 3.05) is 13.2 Å². The van der Waals surface area contributed by atoms with Crippen LogP contribution in [-0.4, -0.2) is 24.1 Å². The first-order valence-electron chi connectivity index (χ1n) is 8.99. The topological polar surface area (TPSA) is 71.2 Å². The summed E-state index contributed by atoms with van der Waals surface area (Å²) in [5.74, 6) is -0.447. The summed E-state index contributed by atoms with van der Waals surface area (Å²) in [4.78, 5) is 26.3. The standard InChI is InChI=1S/C20H21F3N2O3/c1-12-2-4-14(5-3-12)16(10-13-8-9-28-11-13)24-18(26)15-6-7-17(20(21,22)23)25-19(15)27/h2-7,13,16H,8-11H2,1H3,(H,24,26)(H,25,27). The van der Waals surface area contributed by atoms with Crippen LogP contribution in [0, 0.1) is 12.8 Å². The highest BCUT2D eigenvalue weighted by molar-refractivity contribution is 5.94. The Hall–Kier alpha value is -2.61. The van der Waals surface area contributed by atoms with Crippen LogP contribution in [0.25, 0.3) is 0 Å². The van der Waals surface area contributed by atoms with E-state index in [4.69, 9.17) is 4.74 Å². The molecule has 1 aromatic carbocycles. The molecule has 150 valence electrons. The van der Waals surface area contributed by atoms with Gasteiger partial charge in [-0.3, -0.25) is 9.59 Å². The molecule has 2 atom stereocenters. The summed E-state index contributed by atoms with van der Waals surface area (Å²) in [6, 6.07) is 8.86. The molecule has 0 radical (unpaired) electrons. The van der Waals surface area contributed by atoms with Gasteiger partial charge in [0.1, 0.15) is 11.3 Å². The monoisotopic (exact) mass is 394 g/mol. The third-order valence-electron chi connectivity index (χ3n) is 4.84. The lowest BCUT2D eigenvalue weighted by Crippen LogP contribution is -2.34. The van der Waals surface area contributed by atoms with Crippen LogP contribution in [0.4, 0.5) is 13.2 Å². The highest BCUT2D eigenvalue weighted by Gasteiger charge is 2.32. The number of hydrogen-bond donors (Lipinski definition) is 2. The molecule has 1 fully saturated rings. The van der Waals surface area contributed by atoms with Crippen molar-refractivity contribution < 1.29 is 22.7 Å². The van der Waals surface area contributed by atoms with Crippen molar-refractivity contribution in [2.24, 2.45) is 5.92 Å². The minimum atomic E-state index is -4.68. The van der Waals surface area contributed by atoms with Crippen molar-refractivity contribution in [3.05, 3.63) is 69.1 Å². The molecular weight excluding hydrogens is 373 g/mol. The van der Waals surface area contributed by atoms with E-state index in [2.05, 4.69) is 5.32 Å². The Labute approximate surface area is 159 Å². The van der Waals surface area contributed by atoms with Crippen LogP contribution in [0.5, 0.6) is 0 Å². The highest BCUT2D eigenvalue weighted by Crippen LogP contribution is 2.28. The summed E-state index contributed by atoms with van der Waals surface area (Å²) < 4.78 is 43.5. The van der Waals surface area contributed by atoms with Crippen LogP contribution < -0.4 is 10.9 Å². The summed E-state index contributed by atoms with van der Waals surface area (Å²) in [5.41, 5.74) is -0.675. The molecule has 1 aromatic heterocycles. The number of aromatic amines is 1. The molecule has 0 spiro atoms. The van der Waals surface area contributed by atoms with E-state index in [0.29, 0.717) is 25.7 Å². The molecule has 1 aliphatic rings. The summed E-state index contributed by atoms with van der Waals surface area (Å²) in [7, 11) is 0. The maximum absolute atomic E-state index is 12.7. The van der Waals surface area contributed by atoms with E-state index in [9.17, 15) is 22.8 Å². The largest absolute Gasteiger partial charge is 0.431 e. The minimum Gasteiger partial charge on any atom is -0.381 e. The second-order valence-corrected chi connectivity index (χ2v) is 7.01. The minimum absolute atomic E-state index is 0.262. The van der Waals surface area contributed by atoms with Gasteiger partial charge in [-0.25, -0.2) is 0 Å². The third kappa shape index (κ3) is 4.81. The second-order valence-electron chi connectivity index (χ2n) is 7.01. The molecule has 2 N–H and O–H groups in total. The zero-order chi connectivity index (χ0) is 20.3. The van der Waals surface area contributed by atoms with Gasteiger partial charge < -0.3 is 15.0 Å². The molecular formula is C20H21F3N2O3. The van der Waals surface area contributed by atoms with Crippen LogP contribution in [0.1, 0.15) is 46.1 Å². The number of hydrogen-bond acceptors (Lipinski definition) is 3. The highest BCUT2D eigenvalue weighted by atomic mass is 19.4. The first-order chi connectivity index (χ1) is 13.2. The van der Waals surface area contributed by atoms with E-state index in [1.807, 2.05) is 31.2 Å². The normalized spacial score (nSPS) is 18.1. The molecule has 2 heterocycles. The number of amides is 1. The Balaban J connectivity index is 1.82. The number of benzene rings is 1. The van der Waals surface area contributed by atoms with E-state index in [0.717, 1.165) is 23.6 Å². The van der Waals surface area contributed by atoms with E-state index < -0.39 is 23.3 Å². The summed E-state index contributed by atoms with van der Waals surface area (Å²) >= 11 is 0. The Morgan fingerprint density at radius 1 is 1.25 bits per heavy atom. The van der Waals surface area contributed by atoms with Gasteiger partial charge >= 0.3 is 6.18 Å². The van der Waals surface area contributed by atoms with E-state index in [1.165, 1.54) is 0 Å². The summed E-state index contributed by atoms with van der Waals surface area (Å²) in [5, 5.41) is 2.80. The van der Waals surface area contributed by atoms with Gasteiger partial charge in [0.15, 0.2) is 0 Å². The van der Waals surface area contributed by atoms with E-state index in [1.54, 1.807) is 4.98 Å². The third-order valence-corrected chi connectivity index (χ3v) is 4.84. The van der Waals surface area contributed by atoms with Crippen molar-refractivity contribution >= 4 is 5.91 Å². The quantitative estimate of drug-likeness (QED) is 0.814. The van der Waals surface area contributed by atoms with Crippen LogP contribution >= 0.6 is 0 Å². The number of H-pyrrole nitrogens is 1. The first-order valence-corrected chi connectivity index (χ1v) is 8.99. The zero-order valence-corrected chi connectivity index (χ0v) is 15.3. The maximum Gasteiger partial charge on any atom is 0.431 e. The predicted molar refractivity (Wildman–Crippen MR) is 97.0 cm³/mol. The lowest BCUT2D eigenvalue weighted by Gasteiger charge is -2.22. The molecule has 2 aromatic rings. The average Bonchev–Trinajstić information content (AvgIpc) is 3.14. The smallest absolute Gasteiger partial charge is 0.381 e. The fourth-order valence-corrected chi connectivity index (χ4v) is 3.23. The molecule has 2 unspecified atom stereocenters. The molecule has 0 aliphatic carbocycles. The summed E-state index contributed by atoms with van der Waals surface area (Å²) in [6.45, 7) is 3.21. The number of aromatic nitrogens is 1. The number of halogens is 3. The number of pyridine rings is 1. The number of alkyl halides is 3. The molecule has 0 bridgehead atoms. The van der Waals surface area contributed by atoms with Crippen molar-refractivity contribution in [2.45, 2.75) is 32.0 Å². The number of rotatable bonds is 5. The van der Waals surface area contributed by atoms with Crippen LogP contribution in [0.2, 0.25) is 0 Å². The Kier molecular flexibility index (Phi) is 5.88. The number of carbonyl (C=O) groups is 1. The van der Waals surface area contributed by atoms with E-state index in [-0.39, 0.29) is 17.5 Å². The van der Waals surface area contributed by atoms with Gasteiger partial charge in [-0.15, -0.1) is 0 Å². The van der Waals surface area contributed by atoms with Gasteiger partial charge in [0.2, 0.25) is 0 Å². The fourth-order valence-electron chi connectivity index (χ4n) is 3.23. The SMILES string of the molecule is Cc1ccc(C(CC2CCOC2)NC(=O)c2ccc(C(F)(F)F)[nH]c2=O)cc1. The van der Waals surface area contributed by atoms with Crippen LogP contribution in [0.3, 0.4) is 0 Å². The number of ether oxygens (including phenoxy) is 1. The van der Waals surface area contributed by atoms with Crippen molar-refractivity contribution in [1.29, 1.82) is 0 Å². The van der Waals surface area contributed by atoms with Gasteiger partial charge in [0.25, 0.3) is 11.5 Å². The Morgan fingerprint density at radius 3 is 2.54 bits per heavy atom. The van der Waals surface area contributed by atoms with Crippen molar-refractivity contribution in [3.8, 4) is 0 Å². The second kappa shape index (κ2) is 8.18. The molecule has 0 saturated carbocycles. The van der Waals surface area contributed by atoms with Gasteiger partial charge in [-0.1, -0.05) is 29.8 Å². The number of aryl methyl sites for hydroxylation is 1. The Bertz CT molecular complexity index is 885. The first kappa shape index (κ1) is 20.1. The van der Waals surface area contributed by atoms with Crippen molar-refractivity contribution in [3.63, 3.8) is 0 Å². The molecule has 1 amide bonds. The van der Waals surface area contributed by atoms with Gasteiger partial charge in [-0.05, 0) is 43.4 Å². The van der Waals surface area contributed by atoms with Gasteiger partial charge in [0.05, 0.1) is 6.04 Å². The van der Waals surface area contributed by atoms with Crippen LogP contribution in [0.15, 0.2) is 41.2 Å². The van der Waals surface area contributed by atoms with Crippen molar-refractivity contribution in [1.82, 2.24) is 10.3 Å². The molecule has 8 heteroatoms.